The summed E-state index contributed by atoms with van der Waals surface area (Å²) in [5.41, 5.74) is -2.03. The Labute approximate surface area is 213 Å². The van der Waals surface area contributed by atoms with Crippen molar-refractivity contribution >= 4 is 22.9 Å². The minimum Gasteiger partial charge on any atom is -0.508 e. The summed E-state index contributed by atoms with van der Waals surface area (Å²) in [6.45, 7) is -1.83. The molecule has 1 aliphatic heterocycles. The number of fused-ring (bicyclic) bond motifs is 1. The second-order valence-corrected chi connectivity index (χ2v) is 8.64. The SMILES string of the molecule is O=C(O)CC(=O)OCC1OC(Oc2ccc3c(=O)c(-c4ccc(O)cc4)coc3c2)C(O)C(O)(CO)C1O. The molecule has 13 nitrogen and oxygen atoms in total. The van der Waals surface area contributed by atoms with Crippen molar-refractivity contribution in [2.45, 2.75) is 36.6 Å². The molecule has 1 aliphatic rings. The summed E-state index contributed by atoms with van der Waals surface area (Å²) in [6.07, 6.45) is -6.84. The number of hydrogen-bond donors (Lipinski definition) is 6. The van der Waals surface area contributed by atoms with Crippen LogP contribution in [0.25, 0.3) is 22.1 Å². The number of phenols is 1. The van der Waals surface area contributed by atoms with E-state index in [4.69, 9.17) is 23.7 Å². The summed E-state index contributed by atoms with van der Waals surface area (Å²) in [6, 6.07) is 10.0. The first-order valence-corrected chi connectivity index (χ1v) is 11.3. The number of esters is 1. The Balaban J connectivity index is 1.56. The van der Waals surface area contributed by atoms with Crippen molar-refractivity contribution in [3.63, 3.8) is 0 Å². The van der Waals surface area contributed by atoms with Gasteiger partial charge in [0.2, 0.25) is 6.29 Å². The van der Waals surface area contributed by atoms with E-state index in [1.807, 2.05) is 0 Å². The van der Waals surface area contributed by atoms with Crippen molar-refractivity contribution in [1.82, 2.24) is 0 Å². The number of carbonyl (C=O) groups excluding carboxylic acids is 1. The summed E-state index contributed by atoms with van der Waals surface area (Å²) in [7, 11) is 0. The number of aliphatic hydroxyl groups is 4. The Kier molecular flexibility index (Phi) is 7.66. The number of aliphatic hydroxyl groups excluding tert-OH is 3. The smallest absolute Gasteiger partial charge is 0.317 e. The number of carboxylic acid groups (broad SMARTS) is 1. The van der Waals surface area contributed by atoms with E-state index in [-0.39, 0.29) is 33.5 Å². The van der Waals surface area contributed by atoms with E-state index in [1.165, 1.54) is 36.6 Å². The molecule has 13 heteroatoms. The fourth-order valence-corrected chi connectivity index (χ4v) is 3.97. The van der Waals surface area contributed by atoms with Gasteiger partial charge in [-0.25, -0.2) is 0 Å². The molecule has 1 aromatic heterocycles. The van der Waals surface area contributed by atoms with Gasteiger partial charge >= 0.3 is 11.9 Å². The fourth-order valence-electron chi connectivity index (χ4n) is 3.97. The van der Waals surface area contributed by atoms with Crippen LogP contribution < -0.4 is 10.2 Å². The Hall–Kier alpha value is -4.01. The molecule has 5 unspecified atom stereocenters. The predicted octanol–water partition coefficient (Wildman–Crippen LogP) is -0.268. The van der Waals surface area contributed by atoms with Crippen molar-refractivity contribution in [3.8, 4) is 22.6 Å². The van der Waals surface area contributed by atoms with Crippen LogP contribution in [0.2, 0.25) is 0 Å². The molecule has 0 aliphatic carbocycles. The minimum atomic E-state index is -2.55. The van der Waals surface area contributed by atoms with Crippen LogP contribution in [0.4, 0.5) is 0 Å². The molecule has 0 radical (unpaired) electrons. The number of ether oxygens (including phenoxy) is 3. The van der Waals surface area contributed by atoms with Crippen molar-refractivity contribution < 1.29 is 58.9 Å². The van der Waals surface area contributed by atoms with Crippen molar-refractivity contribution in [2.75, 3.05) is 13.2 Å². The molecule has 1 saturated heterocycles. The third kappa shape index (κ3) is 5.32. The van der Waals surface area contributed by atoms with Gasteiger partial charge in [-0.3, -0.25) is 14.4 Å². The van der Waals surface area contributed by atoms with Gasteiger partial charge in [0.1, 0.15) is 60.3 Å². The molecule has 3 aromatic rings. The quantitative estimate of drug-likeness (QED) is 0.163. The van der Waals surface area contributed by atoms with Gasteiger partial charge in [0, 0.05) is 6.07 Å². The largest absolute Gasteiger partial charge is 0.508 e. The Morgan fingerprint density at radius 2 is 1.76 bits per heavy atom. The van der Waals surface area contributed by atoms with Crippen LogP contribution in [0.1, 0.15) is 6.42 Å². The van der Waals surface area contributed by atoms with E-state index >= 15 is 0 Å². The number of benzene rings is 2. The minimum absolute atomic E-state index is 0.0142. The first-order chi connectivity index (χ1) is 18.0. The van der Waals surface area contributed by atoms with Crippen LogP contribution in [0.5, 0.6) is 11.5 Å². The molecule has 6 N–H and O–H groups in total. The number of phenolic OH excluding ortho intramolecular Hbond substituents is 1. The van der Waals surface area contributed by atoms with Gasteiger partial charge in [0.15, 0.2) is 5.43 Å². The average Bonchev–Trinajstić information content (AvgIpc) is 2.89. The maximum Gasteiger partial charge on any atom is 0.317 e. The maximum absolute atomic E-state index is 13.0. The van der Waals surface area contributed by atoms with E-state index in [0.717, 1.165) is 0 Å². The first-order valence-electron chi connectivity index (χ1n) is 11.3. The number of aliphatic carboxylic acids is 1. The van der Waals surface area contributed by atoms with Crippen LogP contribution >= 0.6 is 0 Å². The monoisotopic (exact) mass is 532 g/mol. The van der Waals surface area contributed by atoms with Crippen LogP contribution in [-0.4, -0.2) is 86.0 Å². The molecule has 1 fully saturated rings. The standard InChI is InChI=1S/C25H24O13/c26-11-25(34)22(32)18(10-36-20(30)8-19(28)29)38-24(23(25)33)37-14-5-6-15-17(7-14)35-9-16(21(15)31)12-1-3-13(27)4-2-12/h1-7,9,18,22-24,26-27,32-34H,8,10-11H2,(H,28,29). The Morgan fingerprint density at radius 3 is 2.42 bits per heavy atom. The normalized spacial score (nSPS) is 25.2. The molecule has 0 bridgehead atoms. The highest BCUT2D eigenvalue weighted by Crippen LogP contribution is 2.32. The van der Waals surface area contributed by atoms with Gasteiger partial charge < -0.3 is 49.3 Å². The highest BCUT2D eigenvalue weighted by atomic mass is 16.7. The molecule has 38 heavy (non-hydrogen) atoms. The van der Waals surface area contributed by atoms with Crippen LogP contribution in [0.3, 0.4) is 0 Å². The highest BCUT2D eigenvalue weighted by molar-refractivity contribution is 5.90. The first kappa shape index (κ1) is 27.0. The van der Waals surface area contributed by atoms with Crippen LogP contribution in [-0.2, 0) is 19.1 Å². The van der Waals surface area contributed by atoms with E-state index in [0.29, 0.717) is 5.56 Å². The molecular weight excluding hydrogens is 508 g/mol. The van der Waals surface area contributed by atoms with E-state index < -0.39 is 61.8 Å². The second kappa shape index (κ2) is 10.8. The molecular formula is C25H24O13. The Morgan fingerprint density at radius 1 is 1.05 bits per heavy atom. The number of hydrogen-bond acceptors (Lipinski definition) is 12. The lowest BCUT2D eigenvalue weighted by Crippen LogP contribution is -2.69. The number of carboxylic acids is 1. The van der Waals surface area contributed by atoms with E-state index in [2.05, 4.69) is 0 Å². The summed E-state index contributed by atoms with van der Waals surface area (Å²) < 4.78 is 21.4. The number of rotatable bonds is 8. The van der Waals surface area contributed by atoms with Crippen molar-refractivity contribution in [2.24, 2.45) is 0 Å². The van der Waals surface area contributed by atoms with Gasteiger partial charge in [-0.2, -0.15) is 0 Å². The summed E-state index contributed by atoms with van der Waals surface area (Å²) in [5.74, 6) is -2.53. The second-order valence-electron chi connectivity index (χ2n) is 8.64. The Bertz CT molecular complexity index is 1380. The van der Waals surface area contributed by atoms with Gasteiger partial charge in [0.25, 0.3) is 0 Å². The van der Waals surface area contributed by atoms with E-state index in [1.54, 1.807) is 12.1 Å². The van der Waals surface area contributed by atoms with Gasteiger partial charge in [-0.1, -0.05) is 12.1 Å². The van der Waals surface area contributed by atoms with E-state index in [9.17, 15) is 39.9 Å². The molecule has 0 saturated carbocycles. The third-order valence-corrected chi connectivity index (χ3v) is 6.08. The summed E-state index contributed by atoms with van der Waals surface area (Å²) in [4.78, 5) is 35.2. The highest BCUT2D eigenvalue weighted by Gasteiger charge is 2.56. The lowest BCUT2D eigenvalue weighted by molar-refractivity contribution is -0.320. The zero-order valence-electron chi connectivity index (χ0n) is 19.6. The van der Waals surface area contributed by atoms with Crippen LogP contribution in [0.15, 0.2) is 57.9 Å². The number of carbonyl (C=O) groups is 2. The molecule has 2 heterocycles. The van der Waals surface area contributed by atoms with Crippen molar-refractivity contribution in [1.29, 1.82) is 0 Å². The number of aromatic hydroxyl groups is 1. The topological polar surface area (TPSA) is 213 Å². The van der Waals surface area contributed by atoms with Gasteiger partial charge in [-0.05, 0) is 29.8 Å². The molecule has 202 valence electrons. The molecule has 2 aromatic carbocycles. The lowest BCUT2D eigenvalue weighted by atomic mass is 9.85. The average molecular weight is 532 g/mol. The molecule has 0 amide bonds. The summed E-state index contributed by atoms with van der Waals surface area (Å²) in [5, 5.41) is 59.7. The lowest BCUT2D eigenvalue weighted by Gasteiger charge is -2.46. The zero-order chi connectivity index (χ0) is 27.6. The zero-order valence-corrected chi connectivity index (χ0v) is 19.6. The predicted molar refractivity (Wildman–Crippen MR) is 126 cm³/mol. The molecule has 0 spiro atoms. The van der Waals surface area contributed by atoms with Crippen molar-refractivity contribution in [3.05, 3.63) is 59.0 Å². The summed E-state index contributed by atoms with van der Waals surface area (Å²) >= 11 is 0. The van der Waals surface area contributed by atoms with Crippen LogP contribution in [0, 0.1) is 0 Å². The van der Waals surface area contributed by atoms with Gasteiger partial charge in [-0.15, -0.1) is 0 Å². The molecule has 5 atom stereocenters. The van der Waals surface area contributed by atoms with Gasteiger partial charge in [0.05, 0.1) is 17.6 Å². The fraction of sp³-hybridized carbons (Fsp3) is 0.320. The third-order valence-electron chi connectivity index (χ3n) is 6.08. The maximum atomic E-state index is 13.0. The molecule has 4 rings (SSSR count).